The van der Waals surface area contributed by atoms with E-state index in [-0.39, 0.29) is 34.5 Å². The van der Waals surface area contributed by atoms with E-state index in [1.54, 1.807) is 18.2 Å². The van der Waals surface area contributed by atoms with Crippen molar-refractivity contribution in [3.63, 3.8) is 0 Å². The first kappa shape index (κ1) is 23.5. The van der Waals surface area contributed by atoms with Gasteiger partial charge in [-0.15, -0.1) is 0 Å². The molecule has 0 bridgehead atoms. The standard InChI is InChI=1S/C21H18ClN3O8/c1-31-17-9-13(8-16-20(27)24(21(28)23-16)10-18(26)32-2)7-15(22)19(17)33-11-12-3-5-14(6-4-12)25(29)30/h3-9H,10-11H2,1-2H3,(H,23,28)/b16-8+. The first-order chi connectivity index (χ1) is 15.7. The van der Waals surface area contributed by atoms with E-state index in [1.807, 2.05) is 0 Å². The van der Waals surface area contributed by atoms with Crippen LogP contribution in [0.1, 0.15) is 11.1 Å². The van der Waals surface area contributed by atoms with Gasteiger partial charge < -0.3 is 19.5 Å². The van der Waals surface area contributed by atoms with Gasteiger partial charge in [-0.25, -0.2) is 9.69 Å². The minimum Gasteiger partial charge on any atom is -0.493 e. The van der Waals surface area contributed by atoms with Crippen LogP contribution in [0.3, 0.4) is 0 Å². The molecule has 0 unspecified atom stereocenters. The molecular formula is C21H18ClN3O8. The summed E-state index contributed by atoms with van der Waals surface area (Å²) in [6, 6.07) is 8.15. The number of imide groups is 1. The predicted octanol–water partition coefficient (Wildman–Crippen LogP) is 2.90. The number of nitrogens with zero attached hydrogens (tertiary/aromatic N) is 2. The van der Waals surface area contributed by atoms with E-state index in [0.29, 0.717) is 11.1 Å². The predicted molar refractivity (Wildman–Crippen MR) is 116 cm³/mol. The van der Waals surface area contributed by atoms with Gasteiger partial charge in [0.1, 0.15) is 18.8 Å². The average molecular weight is 476 g/mol. The summed E-state index contributed by atoms with van der Waals surface area (Å²) in [5.74, 6) is -0.939. The van der Waals surface area contributed by atoms with E-state index < -0.39 is 29.4 Å². The summed E-state index contributed by atoms with van der Waals surface area (Å²) in [6.45, 7) is -0.441. The zero-order valence-electron chi connectivity index (χ0n) is 17.5. The van der Waals surface area contributed by atoms with E-state index in [0.717, 1.165) is 12.0 Å². The van der Waals surface area contributed by atoms with Crippen molar-refractivity contribution in [3.05, 3.63) is 68.4 Å². The molecule has 0 radical (unpaired) electrons. The third-order valence-electron chi connectivity index (χ3n) is 4.57. The summed E-state index contributed by atoms with van der Waals surface area (Å²) in [5.41, 5.74) is 1.02. The Morgan fingerprint density at radius 3 is 2.52 bits per heavy atom. The zero-order chi connectivity index (χ0) is 24.1. The Morgan fingerprint density at radius 2 is 1.91 bits per heavy atom. The fraction of sp³-hybridized carbons (Fsp3) is 0.190. The van der Waals surface area contributed by atoms with Crippen LogP contribution < -0.4 is 14.8 Å². The van der Waals surface area contributed by atoms with E-state index in [4.69, 9.17) is 21.1 Å². The number of amides is 3. The lowest BCUT2D eigenvalue weighted by Crippen LogP contribution is -2.36. The number of nitro groups is 1. The number of carbonyl (C=O) groups is 3. The number of non-ortho nitro benzene ring substituents is 1. The van der Waals surface area contributed by atoms with Crippen LogP contribution in [0.15, 0.2) is 42.1 Å². The number of carbonyl (C=O) groups excluding carboxylic acids is 3. The molecule has 2 aromatic rings. The number of halogens is 1. The van der Waals surface area contributed by atoms with Crippen molar-refractivity contribution < 1.29 is 33.5 Å². The van der Waals surface area contributed by atoms with Crippen LogP contribution in [0.4, 0.5) is 10.5 Å². The van der Waals surface area contributed by atoms with Crippen molar-refractivity contribution in [2.75, 3.05) is 20.8 Å². The Bertz CT molecular complexity index is 1150. The number of esters is 1. The number of methoxy groups -OCH3 is 2. The maximum absolute atomic E-state index is 12.4. The Labute approximate surface area is 192 Å². The van der Waals surface area contributed by atoms with Crippen LogP contribution in [-0.2, 0) is 20.9 Å². The van der Waals surface area contributed by atoms with E-state index >= 15 is 0 Å². The molecule has 1 N–H and O–H groups in total. The first-order valence-electron chi connectivity index (χ1n) is 9.38. The highest BCUT2D eigenvalue weighted by atomic mass is 35.5. The summed E-state index contributed by atoms with van der Waals surface area (Å²) < 4.78 is 15.6. The third-order valence-corrected chi connectivity index (χ3v) is 4.85. The lowest BCUT2D eigenvalue weighted by atomic mass is 10.1. The molecule has 0 saturated carbocycles. The van der Waals surface area contributed by atoms with E-state index in [9.17, 15) is 24.5 Å². The molecule has 33 heavy (non-hydrogen) atoms. The summed E-state index contributed by atoms with van der Waals surface area (Å²) in [6.07, 6.45) is 1.38. The average Bonchev–Trinajstić information content (AvgIpc) is 3.05. The van der Waals surface area contributed by atoms with Gasteiger partial charge >= 0.3 is 12.0 Å². The van der Waals surface area contributed by atoms with Crippen molar-refractivity contribution >= 4 is 41.3 Å². The monoisotopic (exact) mass is 475 g/mol. The number of hydrogen-bond donors (Lipinski definition) is 1. The molecule has 0 atom stereocenters. The molecule has 1 fully saturated rings. The van der Waals surface area contributed by atoms with Gasteiger partial charge in [0.15, 0.2) is 11.5 Å². The van der Waals surface area contributed by atoms with Crippen LogP contribution in [0.5, 0.6) is 11.5 Å². The van der Waals surface area contributed by atoms with Crippen LogP contribution in [0.25, 0.3) is 6.08 Å². The fourth-order valence-corrected chi connectivity index (χ4v) is 3.18. The summed E-state index contributed by atoms with van der Waals surface area (Å²) >= 11 is 6.35. The number of nitro benzene ring substituents is 1. The highest BCUT2D eigenvalue weighted by Crippen LogP contribution is 2.37. The van der Waals surface area contributed by atoms with Crippen molar-refractivity contribution in [1.29, 1.82) is 0 Å². The second-order valence-corrected chi connectivity index (χ2v) is 7.11. The van der Waals surface area contributed by atoms with Crippen LogP contribution in [0.2, 0.25) is 5.02 Å². The Morgan fingerprint density at radius 1 is 1.21 bits per heavy atom. The van der Waals surface area contributed by atoms with Crippen LogP contribution >= 0.6 is 11.6 Å². The number of ether oxygens (including phenoxy) is 3. The normalized spacial score (nSPS) is 14.3. The van der Waals surface area contributed by atoms with E-state index in [1.165, 1.54) is 31.4 Å². The smallest absolute Gasteiger partial charge is 0.329 e. The van der Waals surface area contributed by atoms with Gasteiger partial charge in [0, 0.05) is 12.1 Å². The molecule has 1 aliphatic heterocycles. The van der Waals surface area contributed by atoms with Gasteiger partial charge in [-0.05, 0) is 41.5 Å². The summed E-state index contributed by atoms with van der Waals surface area (Å²) in [7, 11) is 2.55. The van der Waals surface area contributed by atoms with Gasteiger partial charge in [0.2, 0.25) is 0 Å². The first-order valence-corrected chi connectivity index (χ1v) is 9.76. The van der Waals surface area contributed by atoms with Crippen LogP contribution in [-0.4, -0.2) is 48.5 Å². The van der Waals surface area contributed by atoms with Gasteiger partial charge in [-0.3, -0.25) is 19.7 Å². The zero-order valence-corrected chi connectivity index (χ0v) is 18.2. The fourth-order valence-electron chi connectivity index (χ4n) is 2.91. The van der Waals surface area contributed by atoms with Gasteiger partial charge in [-0.2, -0.15) is 0 Å². The number of benzene rings is 2. The molecule has 0 spiro atoms. The Kier molecular flexibility index (Phi) is 7.13. The van der Waals surface area contributed by atoms with Crippen molar-refractivity contribution in [3.8, 4) is 11.5 Å². The number of nitrogens with one attached hydrogen (secondary N) is 1. The second kappa shape index (κ2) is 10.0. The molecular weight excluding hydrogens is 458 g/mol. The lowest BCUT2D eigenvalue weighted by molar-refractivity contribution is -0.384. The molecule has 1 heterocycles. The molecule has 1 aliphatic rings. The molecule has 2 aromatic carbocycles. The van der Waals surface area contributed by atoms with Gasteiger partial charge in [-0.1, -0.05) is 11.6 Å². The van der Waals surface area contributed by atoms with Gasteiger partial charge in [0.05, 0.1) is 24.2 Å². The number of urea groups is 1. The van der Waals surface area contributed by atoms with Crippen molar-refractivity contribution in [2.24, 2.45) is 0 Å². The minimum absolute atomic E-state index is 0.0366. The molecule has 0 aromatic heterocycles. The molecule has 11 nitrogen and oxygen atoms in total. The highest BCUT2D eigenvalue weighted by molar-refractivity contribution is 6.32. The lowest BCUT2D eigenvalue weighted by Gasteiger charge is -2.13. The molecule has 12 heteroatoms. The van der Waals surface area contributed by atoms with Crippen molar-refractivity contribution in [2.45, 2.75) is 6.61 Å². The van der Waals surface area contributed by atoms with E-state index in [2.05, 4.69) is 10.1 Å². The topological polar surface area (TPSA) is 137 Å². The minimum atomic E-state index is -0.752. The maximum Gasteiger partial charge on any atom is 0.329 e. The molecule has 3 rings (SSSR count). The summed E-state index contributed by atoms with van der Waals surface area (Å²) in [5, 5.41) is 13.3. The second-order valence-electron chi connectivity index (χ2n) is 6.70. The largest absolute Gasteiger partial charge is 0.493 e. The number of rotatable bonds is 8. The van der Waals surface area contributed by atoms with Crippen LogP contribution in [0, 0.1) is 10.1 Å². The van der Waals surface area contributed by atoms with Crippen molar-refractivity contribution in [1.82, 2.24) is 10.2 Å². The molecule has 3 amide bonds. The third kappa shape index (κ3) is 5.39. The molecule has 0 aliphatic carbocycles. The summed E-state index contributed by atoms with van der Waals surface area (Å²) in [4.78, 5) is 46.8. The molecule has 1 saturated heterocycles. The van der Waals surface area contributed by atoms with Gasteiger partial charge in [0.25, 0.3) is 11.6 Å². The Balaban J connectivity index is 1.79. The molecule has 172 valence electrons. The SMILES string of the molecule is COC(=O)CN1C(=O)N/C(=C/c2cc(Cl)c(OCc3ccc([N+](=O)[O-])cc3)c(OC)c2)C1=O. The Hall–Kier alpha value is -4.12. The highest BCUT2D eigenvalue weighted by Gasteiger charge is 2.35. The number of hydrogen-bond acceptors (Lipinski definition) is 8. The maximum atomic E-state index is 12.4. The quantitative estimate of drug-likeness (QED) is 0.202.